The van der Waals surface area contributed by atoms with E-state index >= 15 is 0 Å². The van der Waals surface area contributed by atoms with E-state index in [0.29, 0.717) is 5.56 Å². The molecular weight excluding hydrogens is 336 g/mol. The molecule has 0 atom stereocenters. The van der Waals surface area contributed by atoms with Crippen LogP contribution in [0.5, 0.6) is 0 Å². The SMILES string of the molecule is Cc1ccc(C(=O)Nc2cn(C(C)C)nc2C)cc1C#Cc1cccnc1. The molecule has 0 radical (unpaired) electrons. The number of benzene rings is 1. The van der Waals surface area contributed by atoms with Gasteiger partial charge in [0.2, 0.25) is 0 Å². The summed E-state index contributed by atoms with van der Waals surface area (Å²) in [6.07, 6.45) is 5.29. The topological polar surface area (TPSA) is 59.8 Å². The molecule has 1 aromatic carbocycles. The maximum Gasteiger partial charge on any atom is 0.255 e. The van der Waals surface area contributed by atoms with Crippen LogP contribution in [0.4, 0.5) is 5.69 Å². The van der Waals surface area contributed by atoms with E-state index in [-0.39, 0.29) is 11.9 Å². The molecule has 0 aliphatic heterocycles. The van der Waals surface area contributed by atoms with E-state index in [1.54, 1.807) is 12.4 Å². The van der Waals surface area contributed by atoms with Crippen LogP contribution >= 0.6 is 0 Å². The average molecular weight is 358 g/mol. The number of rotatable bonds is 3. The number of hydrogen-bond acceptors (Lipinski definition) is 3. The van der Waals surface area contributed by atoms with Gasteiger partial charge in [0, 0.05) is 41.3 Å². The highest BCUT2D eigenvalue weighted by molar-refractivity contribution is 6.04. The summed E-state index contributed by atoms with van der Waals surface area (Å²) in [5.74, 6) is 6.04. The van der Waals surface area contributed by atoms with E-state index in [1.807, 2.05) is 68.9 Å². The molecule has 0 aliphatic carbocycles. The summed E-state index contributed by atoms with van der Waals surface area (Å²) in [6, 6.07) is 9.52. The molecule has 0 fully saturated rings. The Morgan fingerprint density at radius 1 is 1.19 bits per heavy atom. The summed E-state index contributed by atoms with van der Waals surface area (Å²) in [5.41, 5.74) is 4.75. The zero-order chi connectivity index (χ0) is 19.4. The van der Waals surface area contributed by atoms with Crippen LogP contribution in [0.1, 0.15) is 52.6 Å². The van der Waals surface area contributed by atoms with Crippen molar-refractivity contribution in [2.45, 2.75) is 33.7 Å². The Hall–Kier alpha value is -3.39. The minimum atomic E-state index is -0.175. The lowest BCUT2D eigenvalue weighted by Crippen LogP contribution is -2.12. The number of amides is 1. The van der Waals surface area contributed by atoms with Gasteiger partial charge in [0.1, 0.15) is 0 Å². The first-order valence-electron chi connectivity index (χ1n) is 8.84. The van der Waals surface area contributed by atoms with Crippen molar-refractivity contribution in [1.82, 2.24) is 14.8 Å². The van der Waals surface area contributed by atoms with Crippen LogP contribution < -0.4 is 5.32 Å². The lowest BCUT2D eigenvalue weighted by molar-refractivity contribution is 0.102. The second-order valence-corrected chi connectivity index (χ2v) is 6.68. The zero-order valence-electron chi connectivity index (χ0n) is 15.9. The van der Waals surface area contributed by atoms with Crippen molar-refractivity contribution in [3.63, 3.8) is 0 Å². The molecule has 1 amide bonds. The van der Waals surface area contributed by atoms with Gasteiger partial charge in [-0.1, -0.05) is 17.9 Å². The van der Waals surface area contributed by atoms with E-state index in [4.69, 9.17) is 0 Å². The largest absolute Gasteiger partial charge is 0.319 e. The molecule has 1 N–H and O–H groups in total. The number of pyridine rings is 1. The second kappa shape index (κ2) is 7.88. The zero-order valence-corrected chi connectivity index (χ0v) is 15.9. The van der Waals surface area contributed by atoms with Crippen molar-refractivity contribution in [2.75, 3.05) is 5.32 Å². The Morgan fingerprint density at radius 2 is 2.00 bits per heavy atom. The highest BCUT2D eigenvalue weighted by Crippen LogP contribution is 2.18. The van der Waals surface area contributed by atoms with E-state index in [1.165, 1.54) is 0 Å². The highest BCUT2D eigenvalue weighted by Gasteiger charge is 2.12. The molecule has 0 bridgehead atoms. The predicted octanol–water partition coefficient (Wildman–Crippen LogP) is 4.13. The van der Waals surface area contributed by atoms with Gasteiger partial charge in [-0.05, 0) is 57.5 Å². The third-order valence-electron chi connectivity index (χ3n) is 4.20. The third kappa shape index (κ3) is 4.42. The van der Waals surface area contributed by atoms with Crippen molar-refractivity contribution in [3.8, 4) is 11.8 Å². The van der Waals surface area contributed by atoms with E-state index < -0.39 is 0 Å². The number of nitrogens with zero attached hydrogens (tertiary/aromatic N) is 3. The Bertz CT molecular complexity index is 1020. The van der Waals surface area contributed by atoms with Gasteiger partial charge >= 0.3 is 0 Å². The van der Waals surface area contributed by atoms with Crippen molar-refractivity contribution in [1.29, 1.82) is 0 Å². The fourth-order valence-corrected chi connectivity index (χ4v) is 2.54. The molecule has 5 heteroatoms. The first kappa shape index (κ1) is 18.4. The molecule has 2 aromatic heterocycles. The number of aryl methyl sites for hydroxylation is 2. The van der Waals surface area contributed by atoms with Crippen molar-refractivity contribution in [2.24, 2.45) is 0 Å². The van der Waals surface area contributed by atoms with Gasteiger partial charge in [-0.15, -0.1) is 0 Å². The van der Waals surface area contributed by atoms with Gasteiger partial charge in [0.15, 0.2) is 0 Å². The number of carbonyl (C=O) groups is 1. The van der Waals surface area contributed by atoms with Crippen molar-refractivity contribution in [3.05, 3.63) is 76.9 Å². The van der Waals surface area contributed by atoms with Crippen LogP contribution in [-0.2, 0) is 0 Å². The van der Waals surface area contributed by atoms with E-state index in [9.17, 15) is 4.79 Å². The van der Waals surface area contributed by atoms with Crippen LogP contribution in [0, 0.1) is 25.7 Å². The number of carbonyl (C=O) groups excluding carboxylic acids is 1. The van der Waals surface area contributed by atoms with Gasteiger partial charge < -0.3 is 5.32 Å². The standard InChI is InChI=1S/C22H22N4O/c1-15(2)26-14-21(17(4)25-26)24-22(27)20-9-7-16(3)19(12-20)10-8-18-6-5-11-23-13-18/h5-7,9,11-15H,1-4H3,(H,24,27). The fourth-order valence-electron chi connectivity index (χ4n) is 2.54. The van der Waals surface area contributed by atoms with Crippen LogP contribution in [-0.4, -0.2) is 20.7 Å². The summed E-state index contributed by atoms with van der Waals surface area (Å²) in [4.78, 5) is 16.7. The lowest BCUT2D eigenvalue weighted by atomic mass is 10.0. The van der Waals surface area contributed by atoms with Crippen molar-refractivity contribution < 1.29 is 4.79 Å². The van der Waals surface area contributed by atoms with Crippen molar-refractivity contribution >= 4 is 11.6 Å². The first-order valence-corrected chi connectivity index (χ1v) is 8.84. The molecule has 0 saturated carbocycles. The maximum absolute atomic E-state index is 12.7. The van der Waals surface area contributed by atoms with Gasteiger partial charge in [-0.2, -0.15) is 5.10 Å². The Morgan fingerprint density at radius 3 is 2.67 bits per heavy atom. The number of anilines is 1. The molecule has 27 heavy (non-hydrogen) atoms. The van der Waals surface area contributed by atoms with Gasteiger partial charge in [-0.3, -0.25) is 14.5 Å². The molecule has 0 spiro atoms. The maximum atomic E-state index is 12.7. The van der Waals surface area contributed by atoms with Crippen LogP contribution in [0.15, 0.2) is 48.9 Å². The van der Waals surface area contributed by atoms with Gasteiger partial charge in [0.25, 0.3) is 5.91 Å². The number of aromatic nitrogens is 3. The molecule has 136 valence electrons. The summed E-state index contributed by atoms with van der Waals surface area (Å²) < 4.78 is 1.84. The van der Waals surface area contributed by atoms with Gasteiger partial charge in [-0.25, -0.2) is 0 Å². The Balaban J connectivity index is 1.83. The molecule has 3 aromatic rings. The average Bonchev–Trinajstić information content (AvgIpc) is 3.02. The normalized spacial score (nSPS) is 10.4. The van der Waals surface area contributed by atoms with Crippen LogP contribution in [0.25, 0.3) is 0 Å². The van der Waals surface area contributed by atoms with E-state index in [0.717, 1.165) is 28.1 Å². The molecule has 5 nitrogen and oxygen atoms in total. The summed E-state index contributed by atoms with van der Waals surface area (Å²) in [5, 5.41) is 7.37. The number of nitrogens with one attached hydrogen (secondary N) is 1. The summed E-state index contributed by atoms with van der Waals surface area (Å²) in [6.45, 7) is 7.95. The monoisotopic (exact) mass is 358 g/mol. The smallest absolute Gasteiger partial charge is 0.255 e. The Labute approximate surface area is 159 Å². The molecule has 0 aliphatic rings. The van der Waals surface area contributed by atoms with Crippen LogP contribution in [0.2, 0.25) is 0 Å². The molecular formula is C22H22N4O. The highest BCUT2D eigenvalue weighted by atomic mass is 16.1. The Kier molecular flexibility index (Phi) is 5.37. The van der Waals surface area contributed by atoms with Gasteiger partial charge in [0.05, 0.1) is 11.4 Å². The summed E-state index contributed by atoms with van der Waals surface area (Å²) in [7, 11) is 0. The predicted molar refractivity (Wildman–Crippen MR) is 107 cm³/mol. The second-order valence-electron chi connectivity index (χ2n) is 6.68. The molecule has 0 saturated heterocycles. The summed E-state index contributed by atoms with van der Waals surface area (Å²) >= 11 is 0. The quantitative estimate of drug-likeness (QED) is 0.716. The fraction of sp³-hybridized carbons (Fsp3) is 0.227. The number of hydrogen-bond donors (Lipinski definition) is 1. The third-order valence-corrected chi connectivity index (χ3v) is 4.20. The van der Waals surface area contributed by atoms with Crippen LogP contribution in [0.3, 0.4) is 0 Å². The molecule has 0 unspecified atom stereocenters. The van der Waals surface area contributed by atoms with E-state index in [2.05, 4.69) is 27.2 Å². The molecule has 3 rings (SSSR count). The first-order chi connectivity index (χ1) is 12.9. The molecule has 2 heterocycles. The lowest BCUT2D eigenvalue weighted by Gasteiger charge is -2.06. The minimum absolute atomic E-state index is 0.175. The minimum Gasteiger partial charge on any atom is -0.319 e.